The highest BCUT2D eigenvalue weighted by molar-refractivity contribution is 5.83. The third-order valence-electron chi connectivity index (χ3n) is 3.77. The first-order valence-corrected chi connectivity index (χ1v) is 7.65. The molecule has 1 amide bonds. The Labute approximate surface area is 132 Å². The fraction of sp³-hybridized carbons (Fsp3) is 0.316. The molecule has 22 heavy (non-hydrogen) atoms. The van der Waals surface area contributed by atoms with E-state index in [0.29, 0.717) is 12.2 Å². The van der Waals surface area contributed by atoms with Gasteiger partial charge in [-0.25, -0.2) is 0 Å². The monoisotopic (exact) mass is 297 g/mol. The molecule has 0 aromatic heterocycles. The van der Waals surface area contributed by atoms with Crippen LogP contribution in [0, 0.1) is 0 Å². The summed E-state index contributed by atoms with van der Waals surface area (Å²) >= 11 is 0. The Morgan fingerprint density at radius 2 is 1.64 bits per heavy atom. The van der Waals surface area contributed by atoms with E-state index in [0.717, 1.165) is 12.8 Å². The van der Waals surface area contributed by atoms with Crippen molar-refractivity contribution in [2.24, 2.45) is 5.73 Å². The molecule has 0 saturated carbocycles. The van der Waals surface area contributed by atoms with Crippen LogP contribution in [0.25, 0.3) is 0 Å². The highest BCUT2D eigenvalue weighted by Crippen LogP contribution is 2.23. The third-order valence-corrected chi connectivity index (χ3v) is 3.77. The zero-order chi connectivity index (χ0) is 16.0. The van der Waals surface area contributed by atoms with Crippen LogP contribution in [0.5, 0.6) is 5.75 Å². The molecule has 2 aromatic carbocycles. The topological polar surface area (TPSA) is 52.3 Å². The quantitative estimate of drug-likeness (QED) is 0.847. The van der Waals surface area contributed by atoms with Crippen molar-refractivity contribution in [3.8, 4) is 5.75 Å². The zero-order valence-electron chi connectivity index (χ0n) is 13.2. The first-order chi connectivity index (χ1) is 10.5. The first kappa shape index (κ1) is 16.1. The molecule has 3 nitrogen and oxygen atoms in total. The summed E-state index contributed by atoms with van der Waals surface area (Å²) in [7, 11) is 0. The summed E-state index contributed by atoms with van der Waals surface area (Å²) in [4.78, 5) is 11.6. The molecule has 0 aliphatic carbocycles. The predicted molar refractivity (Wildman–Crippen MR) is 88.8 cm³/mol. The molecule has 0 aliphatic heterocycles. The normalized spacial score (nSPS) is 13.4. The van der Waals surface area contributed by atoms with Crippen LogP contribution in [0.2, 0.25) is 0 Å². The molecular formula is C19H23NO2. The summed E-state index contributed by atoms with van der Waals surface area (Å²) in [6.45, 7) is 3.75. The van der Waals surface area contributed by atoms with E-state index >= 15 is 0 Å². The van der Waals surface area contributed by atoms with Crippen LogP contribution in [-0.4, -0.2) is 11.5 Å². The van der Waals surface area contributed by atoms with Crippen molar-refractivity contribution in [3.05, 3.63) is 65.7 Å². The molecule has 0 bridgehead atoms. The van der Waals surface area contributed by atoms with Crippen molar-refractivity contribution < 1.29 is 9.53 Å². The number of benzene rings is 2. The molecule has 0 saturated heterocycles. The molecule has 0 radical (unpaired) electrons. The fourth-order valence-corrected chi connectivity index (χ4v) is 2.47. The van der Waals surface area contributed by atoms with Crippen LogP contribution in [0.1, 0.15) is 37.8 Å². The molecule has 0 aliphatic rings. The number of hydrogen-bond donors (Lipinski definition) is 1. The summed E-state index contributed by atoms with van der Waals surface area (Å²) in [5.74, 6) is 0.245. The van der Waals surface area contributed by atoms with E-state index in [4.69, 9.17) is 10.5 Å². The lowest BCUT2D eigenvalue weighted by Crippen LogP contribution is -2.46. The van der Waals surface area contributed by atoms with Gasteiger partial charge in [0.1, 0.15) is 5.75 Å². The van der Waals surface area contributed by atoms with Crippen molar-refractivity contribution in [2.75, 3.05) is 0 Å². The molecule has 0 spiro atoms. The van der Waals surface area contributed by atoms with Gasteiger partial charge in [-0.05, 0) is 43.0 Å². The van der Waals surface area contributed by atoms with Crippen LogP contribution < -0.4 is 10.5 Å². The van der Waals surface area contributed by atoms with E-state index < -0.39 is 11.5 Å². The van der Waals surface area contributed by atoms with Gasteiger partial charge in [0.25, 0.3) is 5.91 Å². The summed E-state index contributed by atoms with van der Waals surface area (Å²) in [5, 5.41) is 0. The maximum absolute atomic E-state index is 11.6. The van der Waals surface area contributed by atoms with E-state index in [-0.39, 0.29) is 0 Å². The molecule has 0 unspecified atom stereocenters. The number of nitrogens with two attached hydrogens (primary N) is 1. The van der Waals surface area contributed by atoms with Gasteiger partial charge in [0.15, 0.2) is 5.60 Å². The zero-order valence-corrected chi connectivity index (χ0v) is 13.2. The summed E-state index contributed by atoms with van der Waals surface area (Å²) in [5.41, 5.74) is 7.00. The van der Waals surface area contributed by atoms with E-state index in [9.17, 15) is 4.79 Å². The average Bonchev–Trinajstić information content (AvgIpc) is 2.50. The molecule has 2 aromatic rings. The molecule has 0 heterocycles. The van der Waals surface area contributed by atoms with Crippen LogP contribution in [-0.2, 0) is 11.2 Å². The van der Waals surface area contributed by atoms with E-state index in [1.807, 2.05) is 49.4 Å². The molecule has 0 fully saturated rings. The Balaban J connectivity index is 2.07. The van der Waals surface area contributed by atoms with E-state index in [2.05, 4.69) is 12.1 Å². The van der Waals surface area contributed by atoms with Gasteiger partial charge in [-0.15, -0.1) is 0 Å². The second-order valence-electron chi connectivity index (χ2n) is 5.75. The minimum absolute atomic E-state index is 0.428. The van der Waals surface area contributed by atoms with Gasteiger partial charge >= 0.3 is 0 Å². The third kappa shape index (κ3) is 4.10. The van der Waals surface area contributed by atoms with Gasteiger partial charge in [-0.3, -0.25) is 4.79 Å². The lowest BCUT2D eigenvalue weighted by atomic mass is 9.99. The number of carbonyl (C=O) groups is 1. The van der Waals surface area contributed by atoms with Crippen molar-refractivity contribution in [3.63, 3.8) is 0 Å². The second kappa shape index (κ2) is 7.12. The highest BCUT2D eigenvalue weighted by Gasteiger charge is 2.32. The molecule has 1 atom stereocenters. The lowest BCUT2D eigenvalue weighted by molar-refractivity contribution is -0.132. The number of primary amides is 1. The summed E-state index contributed by atoms with van der Waals surface area (Å²) < 4.78 is 5.83. The van der Waals surface area contributed by atoms with E-state index in [1.54, 1.807) is 6.92 Å². The molecule has 2 N–H and O–H groups in total. The largest absolute Gasteiger partial charge is 0.478 e. The average molecular weight is 297 g/mol. The smallest absolute Gasteiger partial charge is 0.261 e. The van der Waals surface area contributed by atoms with Crippen LogP contribution in [0.4, 0.5) is 0 Å². The molecular weight excluding hydrogens is 274 g/mol. The summed E-state index contributed by atoms with van der Waals surface area (Å²) in [6, 6.07) is 18.1. The Bertz CT molecular complexity index is 607. The first-order valence-electron chi connectivity index (χ1n) is 7.65. The van der Waals surface area contributed by atoms with Gasteiger partial charge in [-0.2, -0.15) is 0 Å². The Hall–Kier alpha value is -2.29. The van der Waals surface area contributed by atoms with Gasteiger partial charge in [0.2, 0.25) is 0 Å². The van der Waals surface area contributed by atoms with Crippen molar-refractivity contribution in [1.82, 2.24) is 0 Å². The minimum Gasteiger partial charge on any atom is -0.478 e. The number of hydrogen-bond acceptors (Lipinski definition) is 2. The predicted octanol–water partition coefficient (Wildman–Crippen LogP) is 3.70. The molecule has 3 heteroatoms. The van der Waals surface area contributed by atoms with Crippen LogP contribution in [0.3, 0.4) is 0 Å². The molecule has 2 rings (SSSR count). The summed E-state index contributed by atoms with van der Waals surface area (Å²) in [6.07, 6.45) is 2.32. The van der Waals surface area contributed by atoms with Crippen molar-refractivity contribution >= 4 is 5.91 Å². The lowest BCUT2D eigenvalue weighted by Gasteiger charge is -2.27. The Kier molecular flexibility index (Phi) is 5.21. The van der Waals surface area contributed by atoms with Gasteiger partial charge in [-0.1, -0.05) is 55.8 Å². The maximum atomic E-state index is 11.6. The van der Waals surface area contributed by atoms with Crippen molar-refractivity contribution in [2.45, 2.75) is 38.7 Å². The highest BCUT2D eigenvalue weighted by atomic mass is 16.5. The number of ether oxygens (including phenoxy) is 1. The number of carbonyl (C=O) groups excluding carboxylic acids is 1. The Morgan fingerprint density at radius 3 is 2.18 bits per heavy atom. The molecule has 116 valence electrons. The number of amides is 1. The number of rotatable bonds is 7. The SMILES string of the molecule is CCC[C@@](C)(Oc1ccc(Cc2ccccc2)cc1)C(N)=O. The maximum Gasteiger partial charge on any atom is 0.261 e. The Morgan fingerprint density at radius 1 is 1.05 bits per heavy atom. The van der Waals surface area contributed by atoms with Gasteiger partial charge < -0.3 is 10.5 Å². The van der Waals surface area contributed by atoms with E-state index in [1.165, 1.54) is 11.1 Å². The van der Waals surface area contributed by atoms with Gasteiger partial charge in [0.05, 0.1) is 0 Å². The van der Waals surface area contributed by atoms with Crippen LogP contribution >= 0.6 is 0 Å². The fourth-order valence-electron chi connectivity index (χ4n) is 2.47. The second-order valence-corrected chi connectivity index (χ2v) is 5.75. The standard InChI is InChI=1S/C19H23NO2/c1-3-13-19(2,18(20)21)22-17-11-9-16(10-12-17)14-15-7-5-4-6-8-15/h4-12H,3,13-14H2,1-2H3,(H2,20,21)/t19-/m1/s1. The van der Waals surface area contributed by atoms with Gasteiger partial charge in [0, 0.05) is 0 Å². The van der Waals surface area contributed by atoms with Crippen LogP contribution in [0.15, 0.2) is 54.6 Å². The minimum atomic E-state index is -0.949. The van der Waals surface area contributed by atoms with Crippen molar-refractivity contribution in [1.29, 1.82) is 0 Å².